The molecule has 2 nitrogen and oxygen atoms in total. The first-order valence-electron chi connectivity index (χ1n) is 6.34. The second-order valence-electron chi connectivity index (χ2n) is 4.95. The topological polar surface area (TPSA) is 29.5 Å². The van der Waals surface area contributed by atoms with Crippen LogP contribution in [0.5, 0.6) is 5.75 Å². The van der Waals surface area contributed by atoms with Crippen molar-refractivity contribution in [3.05, 3.63) is 63.6 Å². The van der Waals surface area contributed by atoms with E-state index in [1.54, 1.807) is 0 Å². The standard InChI is InChI=1S/C16H15BrO2/c1-10-2-4-11(5-3-10)15-9-14(18)13-7-6-12(17)8-16(13)19-15/h2-8,14-15,18H,9H2,1H3. The van der Waals surface area contributed by atoms with Crippen LogP contribution in [0, 0.1) is 6.92 Å². The van der Waals surface area contributed by atoms with Gasteiger partial charge >= 0.3 is 0 Å². The molecule has 2 unspecified atom stereocenters. The van der Waals surface area contributed by atoms with Crippen molar-refractivity contribution in [3.63, 3.8) is 0 Å². The molecule has 0 aromatic heterocycles. The number of halogens is 1. The Kier molecular flexibility index (Phi) is 3.33. The van der Waals surface area contributed by atoms with Crippen molar-refractivity contribution in [1.82, 2.24) is 0 Å². The fourth-order valence-corrected chi connectivity index (χ4v) is 2.74. The first-order valence-corrected chi connectivity index (χ1v) is 7.13. The van der Waals surface area contributed by atoms with E-state index < -0.39 is 6.10 Å². The molecule has 2 atom stereocenters. The minimum atomic E-state index is -0.469. The first kappa shape index (κ1) is 12.7. The highest BCUT2D eigenvalue weighted by atomic mass is 79.9. The highest BCUT2D eigenvalue weighted by Gasteiger charge is 2.27. The molecule has 1 heterocycles. The largest absolute Gasteiger partial charge is 0.485 e. The number of rotatable bonds is 1. The van der Waals surface area contributed by atoms with Crippen molar-refractivity contribution in [3.8, 4) is 5.75 Å². The number of aryl methyl sites for hydroxylation is 1. The fourth-order valence-electron chi connectivity index (χ4n) is 2.40. The van der Waals surface area contributed by atoms with Crippen LogP contribution in [0.15, 0.2) is 46.9 Å². The summed E-state index contributed by atoms with van der Waals surface area (Å²) in [6.45, 7) is 2.06. The molecule has 2 aromatic rings. The van der Waals surface area contributed by atoms with Gasteiger partial charge in [-0.3, -0.25) is 0 Å². The van der Waals surface area contributed by atoms with Gasteiger partial charge in [0.25, 0.3) is 0 Å². The van der Waals surface area contributed by atoms with Crippen LogP contribution in [0.4, 0.5) is 0 Å². The first-order chi connectivity index (χ1) is 9.13. The Balaban J connectivity index is 1.93. The zero-order chi connectivity index (χ0) is 13.4. The Labute approximate surface area is 121 Å². The molecule has 3 rings (SSSR count). The van der Waals surface area contributed by atoms with Gasteiger partial charge < -0.3 is 9.84 Å². The minimum Gasteiger partial charge on any atom is -0.485 e. The lowest BCUT2D eigenvalue weighted by molar-refractivity contribution is 0.0657. The van der Waals surface area contributed by atoms with Crippen LogP contribution in [0.2, 0.25) is 0 Å². The summed E-state index contributed by atoms with van der Waals surface area (Å²) in [6.07, 6.45) is 0.0399. The molecule has 1 aliphatic heterocycles. The molecule has 0 bridgehead atoms. The van der Waals surface area contributed by atoms with E-state index in [9.17, 15) is 5.11 Å². The zero-order valence-electron chi connectivity index (χ0n) is 10.6. The summed E-state index contributed by atoms with van der Waals surface area (Å²) < 4.78 is 6.98. The number of aliphatic hydroxyl groups is 1. The summed E-state index contributed by atoms with van der Waals surface area (Å²) >= 11 is 3.43. The molecule has 0 fully saturated rings. The molecule has 3 heteroatoms. The predicted octanol–water partition coefficient (Wildman–Crippen LogP) is 4.31. The van der Waals surface area contributed by atoms with Crippen LogP contribution in [-0.4, -0.2) is 5.11 Å². The number of hydrogen-bond acceptors (Lipinski definition) is 2. The molecule has 0 spiro atoms. The quantitative estimate of drug-likeness (QED) is 0.848. The highest BCUT2D eigenvalue weighted by molar-refractivity contribution is 9.10. The molecule has 2 aromatic carbocycles. The molecule has 0 saturated carbocycles. The Morgan fingerprint density at radius 3 is 2.63 bits per heavy atom. The van der Waals surface area contributed by atoms with Crippen LogP contribution >= 0.6 is 15.9 Å². The number of benzene rings is 2. The average molecular weight is 319 g/mol. The van der Waals surface area contributed by atoms with Gasteiger partial charge in [0.1, 0.15) is 11.9 Å². The number of hydrogen-bond donors (Lipinski definition) is 1. The molecule has 98 valence electrons. The molecule has 19 heavy (non-hydrogen) atoms. The minimum absolute atomic E-state index is 0.0857. The molecular weight excluding hydrogens is 304 g/mol. The van der Waals surface area contributed by atoms with Crippen LogP contribution in [-0.2, 0) is 0 Å². The Bertz CT molecular complexity index is 592. The fraction of sp³-hybridized carbons (Fsp3) is 0.250. The van der Waals surface area contributed by atoms with Gasteiger partial charge in [0.15, 0.2) is 0 Å². The van der Waals surface area contributed by atoms with Gasteiger partial charge in [0.05, 0.1) is 6.10 Å². The zero-order valence-corrected chi connectivity index (χ0v) is 12.2. The SMILES string of the molecule is Cc1ccc(C2CC(O)c3ccc(Br)cc3O2)cc1. The molecule has 0 aliphatic carbocycles. The lowest BCUT2D eigenvalue weighted by Crippen LogP contribution is -2.19. The van der Waals surface area contributed by atoms with E-state index in [0.717, 1.165) is 21.3 Å². The normalized spacial score (nSPS) is 21.6. The number of aliphatic hydroxyl groups excluding tert-OH is 1. The lowest BCUT2D eigenvalue weighted by Gasteiger charge is -2.30. The summed E-state index contributed by atoms with van der Waals surface area (Å²) in [5.74, 6) is 0.763. The van der Waals surface area contributed by atoms with Crippen LogP contribution in [0.1, 0.15) is 35.3 Å². The van der Waals surface area contributed by atoms with Gasteiger partial charge in [-0.25, -0.2) is 0 Å². The van der Waals surface area contributed by atoms with Crippen molar-refractivity contribution in [1.29, 1.82) is 0 Å². The van der Waals surface area contributed by atoms with Crippen LogP contribution in [0.25, 0.3) is 0 Å². The van der Waals surface area contributed by atoms with E-state index in [0.29, 0.717) is 6.42 Å². The van der Waals surface area contributed by atoms with Crippen molar-refractivity contribution in [2.75, 3.05) is 0 Å². The van der Waals surface area contributed by atoms with E-state index in [4.69, 9.17) is 4.74 Å². The van der Waals surface area contributed by atoms with Crippen molar-refractivity contribution in [2.45, 2.75) is 25.6 Å². The third kappa shape index (κ3) is 2.53. The Hall–Kier alpha value is -1.32. The monoisotopic (exact) mass is 318 g/mol. The summed E-state index contributed by atoms with van der Waals surface area (Å²) in [5.41, 5.74) is 3.20. The van der Waals surface area contributed by atoms with Gasteiger partial charge in [-0.05, 0) is 24.6 Å². The lowest BCUT2D eigenvalue weighted by atomic mass is 9.95. The van der Waals surface area contributed by atoms with E-state index in [-0.39, 0.29) is 6.10 Å². The van der Waals surface area contributed by atoms with Crippen molar-refractivity contribution >= 4 is 15.9 Å². The molecule has 0 amide bonds. The van der Waals surface area contributed by atoms with Gasteiger partial charge in [0, 0.05) is 16.5 Å². The third-order valence-corrected chi connectivity index (χ3v) is 3.98. The maximum Gasteiger partial charge on any atom is 0.127 e. The Morgan fingerprint density at radius 1 is 1.16 bits per heavy atom. The van der Waals surface area contributed by atoms with Crippen molar-refractivity contribution in [2.24, 2.45) is 0 Å². The number of fused-ring (bicyclic) bond motifs is 1. The third-order valence-electron chi connectivity index (χ3n) is 3.49. The second-order valence-corrected chi connectivity index (χ2v) is 5.87. The summed E-state index contributed by atoms with van der Waals surface area (Å²) in [6, 6.07) is 14.0. The van der Waals surface area contributed by atoms with Crippen LogP contribution < -0.4 is 4.74 Å². The van der Waals surface area contributed by atoms with E-state index in [1.807, 2.05) is 18.2 Å². The van der Waals surface area contributed by atoms with Gasteiger partial charge in [-0.2, -0.15) is 0 Å². The van der Waals surface area contributed by atoms with E-state index in [1.165, 1.54) is 5.56 Å². The maximum absolute atomic E-state index is 10.2. The Morgan fingerprint density at radius 2 is 1.89 bits per heavy atom. The van der Waals surface area contributed by atoms with Gasteiger partial charge in [-0.1, -0.05) is 51.8 Å². The van der Waals surface area contributed by atoms with E-state index in [2.05, 4.69) is 47.1 Å². The van der Waals surface area contributed by atoms with E-state index >= 15 is 0 Å². The highest BCUT2D eigenvalue weighted by Crippen LogP contribution is 2.41. The smallest absolute Gasteiger partial charge is 0.127 e. The molecule has 1 N–H and O–H groups in total. The summed E-state index contributed by atoms with van der Waals surface area (Å²) in [7, 11) is 0. The number of ether oxygens (including phenoxy) is 1. The van der Waals surface area contributed by atoms with Crippen molar-refractivity contribution < 1.29 is 9.84 Å². The maximum atomic E-state index is 10.2. The van der Waals surface area contributed by atoms with Gasteiger partial charge in [-0.15, -0.1) is 0 Å². The molecule has 1 aliphatic rings. The average Bonchev–Trinajstić information content (AvgIpc) is 2.38. The molecular formula is C16H15BrO2. The molecule has 0 radical (unpaired) electrons. The molecule has 0 saturated heterocycles. The summed E-state index contributed by atoms with van der Waals surface area (Å²) in [5, 5.41) is 10.2. The summed E-state index contributed by atoms with van der Waals surface area (Å²) in [4.78, 5) is 0. The van der Waals surface area contributed by atoms with Gasteiger partial charge in [0.2, 0.25) is 0 Å². The second kappa shape index (κ2) is 4.99. The van der Waals surface area contributed by atoms with Crippen LogP contribution in [0.3, 0.4) is 0 Å². The predicted molar refractivity (Wildman–Crippen MR) is 78.3 cm³/mol.